The minimum absolute atomic E-state index is 0. The van der Waals surface area contributed by atoms with Crippen LogP contribution >= 0.6 is 24.8 Å². The van der Waals surface area contributed by atoms with E-state index in [1.54, 1.807) is 0 Å². The van der Waals surface area contributed by atoms with Crippen molar-refractivity contribution in [2.24, 2.45) is 0 Å². The van der Waals surface area contributed by atoms with Crippen molar-refractivity contribution >= 4 is 24.8 Å². The number of allylic oxidation sites excluding steroid dienone is 1. The number of nitrogens with zero attached hydrogens (tertiary/aromatic N) is 1. The minimum Gasteiger partial charge on any atom is -0.496 e. The third-order valence-corrected chi connectivity index (χ3v) is 4.03. The van der Waals surface area contributed by atoms with Gasteiger partial charge in [-0.05, 0) is 31.0 Å². The molecule has 0 radical (unpaired) electrons. The van der Waals surface area contributed by atoms with E-state index < -0.39 is 6.36 Å². The Morgan fingerprint density at radius 3 is 2.46 bits per heavy atom. The molecule has 0 saturated carbocycles. The molecule has 0 aromatic heterocycles. The Morgan fingerprint density at radius 2 is 1.92 bits per heavy atom. The number of halogens is 5. The fraction of sp³-hybridized carbons (Fsp3) is 0.529. The van der Waals surface area contributed by atoms with E-state index in [4.69, 9.17) is 4.74 Å². The predicted octanol–water partition coefficient (Wildman–Crippen LogP) is 4.35. The lowest BCUT2D eigenvalue weighted by Gasteiger charge is -2.36. The maximum atomic E-state index is 12.5. The highest BCUT2D eigenvalue weighted by Gasteiger charge is 2.32. The summed E-state index contributed by atoms with van der Waals surface area (Å²) in [6.07, 6.45) is -1.37. The van der Waals surface area contributed by atoms with Gasteiger partial charge >= 0.3 is 6.36 Å². The lowest BCUT2D eigenvalue weighted by Crippen LogP contribution is -2.45. The quantitative estimate of drug-likeness (QED) is 0.669. The van der Waals surface area contributed by atoms with E-state index in [2.05, 4.69) is 21.5 Å². The molecule has 1 heterocycles. The number of benzene rings is 1. The van der Waals surface area contributed by atoms with Crippen molar-refractivity contribution < 1.29 is 22.6 Å². The van der Waals surface area contributed by atoms with E-state index in [9.17, 15) is 13.2 Å². The molecule has 0 spiro atoms. The Morgan fingerprint density at radius 1 is 1.27 bits per heavy atom. The molecule has 0 bridgehead atoms. The normalized spacial score (nSPS) is 16.0. The van der Waals surface area contributed by atoms with Gasteiger partial charge in [-0.25, -0.2) is 0 Å². The van der Waals surface area contributed by atoms with Crippen LogP contribution in [-0.4, -0.2) is 44.6 Å². The summed E-state index contributed by atoms with van der Waals surface area (Å²) in [6.45, 7) is 7.11. The van der Waals surface area contributed by atoms with Crippen molar-refractivity contribution in [3.63, 3.8) is 0 Å². The van der Waals surface area contributed by atoms with Gasteiger partial charge in [0.25, 0.3) is 0 Å². The fourth-order valence-electron chi connectivity index (χ4n) is 2.97. The van der Waals surface area contributed by atoms with E-state index in [-0.39, 0.29) is 36.6 Å². The van der Waals surface area contributed by atoms with Crippen LogP contribution in [0.1, 0.15) is 24.4 Å². The van der Waals surface area contributed by atoms with Crippen LogP contribution in [0.5, 0.6) is 11.5 Å². The van der Waals surface area contributed by atoms with Gasteiger partial charge in [-0.1, -0.05) is 6.08 Å². The summed E-state index contributed by atoms with van der Waals surface area (Å²) in [5.41, 5.74) is 0.711. The van der Waals surface area contributed by atoms with Gasteiger partial charge < -0.3 is 14.8 Å². The lowest BCUT2D eigenvalue weighted by atomic mass is 9.98. The van der Waals surface area contributed by atoms with Crippen LogP contribution < -0.4 is 14.8 Å². The molecule has 1 saturated heterocycles. The van der Waals surface area contributed by atoms with Crippen LogP contribution in [0.3, 0.4) is 0 Å². The van der Waals surface area contributed by atoms with Crippen molar-refractivity contribution in [3.05, 3.63) is 36.4 Å². The van der Waals surface area contributed by atoms with Crippen molar-refractivity contribution in [1.82, 2.24) is 10.2 Å². The monoisotopic (exact) mass is 416 g/mol. The largest absolute Gasteiger partial charge is 0.573 e. The Balaban J connectivity index is 0.00000312. The van der Waals surface area contributed by atoms with Crippen molar-refractivity contribution in [2.45, 2.75) is 25.2 Å². The molecule has 0 aliphatic carbocycles. The predicted molar refractivity (Wildman–Crippen MR) is 101 cm³/mol. The van der Waals surface area contributed by atoms with Gasteiger partial charge in [0.15, 0.2) is 0 Å². The Kier molecular flexibility index (Phi) is 11.0. The molecule has 1 aliphatic heterocycles. The molecule has 1 atom stereocenters. The highest BCUT2D eigenvalue weighted by Crippen LogP contribution is 2.37. The molecule has 150 valence electrons. The second-order valence-electron chi connectivity index (χ2n) is 5.62. The molecule has 1 aromatic rings. The Labute approximate surface area is 164 Å². The summed E-state index contributed by atoms with van der Waals surface area (Å²) in [7, 11) is 1.52. The number of alkyl halides is 3. The van der Waals surface area contributed by atoms with Crippen LogP contribution in [-0.2, 0) is 0 Å². The summed E-state index contributed by atoms with van der Waals surface area (Å²) in [6, 6.07) is 4.19. The average molecular weight is 417 g/mol. The summed E-state index contributed by atoms with van der Waals surface area (Å²) in [4.78, 5) is 2.26. The number of rotatable bonds is 7. The topological polar surface area (TPSA) is 33.7 Å². The molecular weight excluding hydrogens is 392 g/mol. The van der Waals surface area contributed by atoms with Crippen LogP contribution in [0.2, 0.25) is 0 Å². The zero-order valence-electron chi connectivity index (χ0n) is 14.6. The van der Waals surface area contributed by atoms with Gasteiger partial charge in [0.1, 0.15) is 11.5 Å². The second-order valence-corrected chi connectivity index (χ2v) is 5.62. The van der Waals surface area contributed by atoms with E-state index in [0.29, 0.717) is 11.3 Å². The third kappa shape index (κ3) is 7.23. The minimum atomic E-state index is -4.71. The Bertz CT molecular complexity index is 553. The standard InChI is InChI=1S/C17H23F3N2O2.2ClH/c1-3-4-5-15(22-10-8-21-9-11-22)14-12-13(24-17(18,19)20)6-7-16(14)23-2;;/h3,6-7,12,15,21H,1,4-5,8-11H2,2H3;2*1H/t15-;;/m0../s1. The highest BCUT2D eigenvalue weighted by atomic mass is 35.5. The number of hydrogen-bond acceptors (Lipinski definition) is 4. The van der Waals surface area contributed by atoms with Crippen LogP contribution in [0.25, 0.3) is 0 Å². The van der Waals surface area contributed by atoms with Gasteiger partial charge in [0.2, 0.25) is 0 Å². The average Bonchev–Trinajstić information content (AvgIpc) is 2.55. The molecule has 9 heteroatoms. The van der Waals surface area contributed by atoms with Crippen LogP contribution in [0.4, 0.5) is 13.2 Å². The molecular formula is C17H25Cl2F3N2O2. The first kappa shape index (κ1) is 24.8. The second kappa shape index (κ2) is 11.5. The number of piperazine rings is 1. The summed E-state index contributed by atoms with van der Waals surface area (Å²) in [5, 5.41) is 3.28. The SMILES string of the molecule is C=CCC[C@@H](c1cc(OC(F)(F)F)ccc1OC)N1CCNCC1.Cl.Cl. The number of methoxy groups -OCH3 is 1. The molecule has 2 rings (SSSR count). The molecule has 0 amide bonds. The summed E-state index contributed by atoms with van der Waals surface area (Å²) < 4.78 is 47.0. The molecule has 4 nitrogen and oxygen atoms in total. The Hall–Kier alpha value is -1.15. The van der Waals surface area contributed by atoms with E-state index in [1.165, 1.54) is 25.3 Å². The van der Waals surface area contributed by atoms with Gasteiger partial charge in [0, 0.05) is 37.8 Å². The van der Waals surface area contributed by atoms with E-state index >= 15 is 0 Å². The smallest absolute Gasteiger partial charge is 0.496 e. The summed E-state index contributed by atoms with van der Waals surface area (Å²) in [5.74, 6) is 0.342. The molecule has 1 aliphatic rings. The van der Waals surface area contributed by atoms with Crippen molar-refractivity contribution in [2.75, 3.05) is 33.3 Å². The molecule has 26 heavy (non-hydrogen) atoms. The van der Waals surface area contributed by atoms with Gasteiger partial charge in [-0.3, -0.25) is 4.90 Å². The first-order valence-electron chi connectivity index (χ1n) is 7.94. The molecule has 1 N–H and O–H groups in total. The summed E-state index contributed by atoms with van der Waals surface area (Å²) >= 11 is 0. The molecule has 0 unspecified atom stereocenters. The maximum absolute atomic E-state index is 12.5. The number of ether oxygens (including phenoxy) is 2. The van der Waals surface area contributed by atoms with E-state index in [1.807, 2.05) is 6.08 Å². The van der Waals surface area contributed by atoms with Crippen molar-refractivity contribution in [3.8, 4) is 11.5 Å². The highest BCUT2D eigenvalue weighted by molar-refractivity contribution is 5.85. The molecule has 1 aromatic carbocycles. The van der Waals surface area contributed by atoms with Gasteiger partial charge in [-0.2, -0.15) is 0 Å². The lowest BCUT2D eigenvalue weighted by molar-refractivity contribution is -0.274. The van der Waals surface area contributed by atoms with Crippen LogP contribution in [0, 0.1) is 0 Å². The van der Waals surface area contributed by atoms with E-state index in [0.717, 1.165) is 39.0 Å². The van der Waals surface area contributed by atoms with Gasteiger partial charge in [0.05, 0.1) is 7.11 Å². The first-order valence-corrected chi connectivity index (χ1v) is 7.94. The van der Waals surface area contributed by atoms with Crippen LogP contribution in [0.15, 0.2) is 30.9 Å². The molecule has 1 fully saturated rings. The zero-order chi connectivity index (χ0) is 17.6. The fourth-order valence-corrected chi connectivity index (χ4v) is 2.97. The number of nitrogens with one attached hydrogen (secondary N) is 1. The van der Waals surface area contributed by atoms with Crippen molar-refractivity contribution in [1.29, 1.82) is 0 Å². The zero-order valence-corrected chi connectivity index (χ0v) is 16.2. The third-order valence-electron chi connectivity index (χ3n) is 4.03. The number of hydrogen-bond donors (Lipinski definition) is 1. The van der Waals surface area contributed by atoms with Gasteiger partial charge in [-0.15, -0.1) is 44.6 Å². The first-order chi connectivity index (χ1) is 11.4. The maximum Gasteiger partial charge on any atom is 0.573 e.